The highest BCUT2D eigenvalue weighted by Gasteiger charge is 2.31. The summed E-state index contributed by atoms with van der Waals surface area (Å²) >= 11 is 0. The van der Waals surface area contributed by atoms with E-state index < -0.39 is 17.8 Å². The summed E-state index contributed by atoms with van der Waals surface area (Å²) in [5.41, 5.74) is 4.66. The lowest BCUT2D eigenvalue weighted by molar-refractivity contribution is -0.137. The highest BCUT2D eigenvalue weighted by atomic mass is 19.4. The molecule has 5 nitrogen and oxygen atoms in total. The van der Waals surface area contributed by atoms with Gasteiger partial charge in [0.1, 0.15) is 0 Å². The van der Waals surface area contributed by atoms with Crippen molar-refractivity contribution in [2.24, 2.45) is 5.73 Å². The van der Waals surface area contributed by atoms with Gasteiger partial charge in [0.2, 0.25) is 0 Å². The highest BCUT2D eigenvalue weighted by Crippen LogP contribution is 2.32. The van der Waals surface area contributed by atoms with E-state index in [1.54, 1.807) is 0 Å². The third kappa shape index (κ3) is 4.61. The largest absolute Gasteiger partial charge is 0.416 e. The average molecular weight is 303 g/mol. The fourth-order valence-electron chi connectivity index (χ4n) is 2.18. The van der Waals surface area contributed by atoms with Gasteiger partial charge >= 0.3 is 12.2 Å². The smallest absolute Gasteiger partial charge is 0.379 e. The molecule has 116 valence electrons. The van der Waals surface area contributed by atoms with E-state index in [0.717, 1.165) is 12.1 Å². The topological polar surface area (TPSA) is 67.6 Å². The number of morpholine rings is 1. The molecular weight excluding hydrogens is 287 g/mol. The van der Waals surface area contributed by atoms with E-state index in [9.17, 15) is 18.0 Å². The number of halogens is 3. The van der Waals surface area contributed by atoms with Crippen LogP contribution in [0.2, 0.25) is 0 Å². The summed E-state index contributed by atoms with van der Waals surface area (Å²) < 4.78 is 43.9. The van der Waals surface area contributed by atoms with Crippen molar-refractivity contribution in [1.29, 1.82) is 0 Å². The third-order valence-electron chi connectivity index (χ3n) is 3.10. The van der Waals surface area contributed by atoms with Crippen molar-refractivity contribution in [1.82, 2.24) is 4.90 Å². The molecule has 1 aliphatic heterocycles. The van der Waals surface area contributed by atoms with Gasteiger partial charge in [0.15, 0.2) is 0 Å². The highest BCUT2D eigenvalue weighted by molar-refractivity contribution is 5.88. The zero-order valence-corrected chi connectivity index (χ0v) is 11.2. The number of alkyl halides is 3. The van der Waals surface area contributed by atoms with Crippen LogP contribution in [0.15, 0.2) is 18.2 Å². The predicted molar refractivity (Wildman–Crippen MR) is 70.7 cm³/mol. The SMILES string of the molecule is NC(=O)Nc1cc(CN2CCOCC2)cc(C(F)(F)F)c1. The summed E-state index contributed by atoms with van der Waals surface area (Å²) in [7, 11) is 0. The van der Waals surface area contributed by atoms with Crippen LogP contribution in [0, 0.1) is 0 Å². The van der Waals surface area contributed by atoms with Crippen molar-refractivity contribution in [3.05, 3.63) is 29.3 Å². The van der Waals surface area contributed by atoms with Crippen molar-refractivity contribution < 1.29 is 22.7 Å². The van der Waals surface area contributed by atoms with Gasteiger partial charge in [-0.05, 0) is 23.8 Å². The van der Waals surface area contributed by atoms with E-state index in [1.165, 1.54) is 6.07 Å². The summed E-state index contributed by atoms with van der Waals surface area (Å²) in [6.45, 7) is 2.81. The first-order chi connectivity index (χ1) is 9.84. The number of nitrogens with one attached hydrogen (secondary N) is 1. The first kappa shape index (κ1) is 15.6. The van der Waals surface area contributed by atoms with Crippen molar-refractivity contribution in [2.75, 3.05) is 31.6 Å². The lowest BCUT2D eigenvalue weighted by atomic mass is 10.1. The molecule has 2 rings (SSSR count). The van der Waals surface area contributed by atoms with Gasteiger partial charge in [0.25, 0.3) is 0 Å². The third-order valence-corrected chi connectivity index (χ3v) is 3.10. The van der Waals surface area contributed by atoms with Crippen LogP contribution in [0.4, 0.5) is 23.7 Å². The second kappa shape index (κ2) is 6.31. The van der Waals surface area contributed by atoms with E-state index in [4.69, 9.17) is 10.5 Å². The number of benzene rings is 1. The van der Waals surface area contributed by atoms with Gasteiger partial charge in [-0.1, -0.05) is 0 Å². The normalized spacial score (nSPS) is 16.7. The Morgan fingerprint density at radius 1 is 1.29 bits per heavy atom. The number of amides is 2. The fourth-order valence-corrected chi connectivity index (χ4v) is 2.18. The second-order valence-electron chi connectivity index (χ2n) is 4.79. The minimum Gasteiger partial charge on any atom is -0.379 e. The minimum atomic E-state index is -4.48. The van der Waals surface area contributed by atoms with Gasteiger partial charge in [-0.3, -0.25) is 4.90 Å². The zero-order valence-electron chi connectivity index (χ0n) is 11.2. The van der Waals surface area contributed by atoms with Crippen molar-refractivity contribution in [3.63, 3.8) is 0 Å². The zero-order chi connectivity index (χ0) is 15.5. The maximum Gasteiger partial charge on any atom is 0.416 e. The standard InChI is InChI=1S/C13H16F3N3O2/c14-13(15,16)10-5-9(6-11(7-10)18-12(17)20)8-19-1-3-21-4-2-19/h5-7H,1-4,8H2,(H3,17,18,20). The van der Waals surface area contributed by atoms with E-state index >= 15 is 0 Å². The molecule has 0 spiro atoms. The van der Waals surface area contributed by atoms with Gasteiger partial charge in [-0.15, -0.1) is 0 Å². The summed E-state index contributed by atoms with van der Waals surface area (Å²) in [6, 6.07) is 2.55. The molecule has 0 aliphatic carbocycles. The molecular formula is C13H16F3N3O2. The maximum atomic E-state index is 12.9. The van der Waals surface area contributed by atoms with Gasteiger partial charge in [-0.25, -0.2) is 4.79 Å². The number of nitrogens with zero attached hydrogens (tertiary/aromatic N) is 1. The number of carbonyl (C=O) groups is 1. The Balaban J connectivity index is 2.23. The van der Waals surface area contributed by atoms with Crippen LogP contribution in [0.1, 0.15) is 11.1 Å². The molecule has 21 heavy (non-hydrogen) atoms. The Labute approximate surface area is 119 Å². The lowest BCUT2D eigenvalue weighted by Gasteiger charge is -2.27. The Morgan fingerprint density at radius 3 is 2.52 bits per heavy atom. The Hall–Kier alpha value is -1.80. The van der Waals surface area contributed by atoms with Crippen LogP contribution in [-0.4, -0.2) is 37.2 Å². The van der Waals surface area contributed by atoms with E-state index in [0.29, 0.717) is 38.4 Å². The first-order valence-corrected chi connectivity index (χ1v) is 6.42. The Morgan fingerprint density at radius 2 is 1.95 bits per heavy atom. The van der Waals surface area contributed by atoms with Gasteiger partial charge < -0.3 is 15.8 Å². The molecule has 1 aromatic carbocycles. The van der Waals surface area contributed by atoms with Crippen LogP contribution in [0.25, 0.3) is 0 Å². The molecule has 8 heteroatoms. The Bertz CT molecular complexity index is 514. The fraction of sp³-hybridized carbons (Fsp3) is 0.462. The van der Waals surface area contributed by atoms with E-state index in [2.05, 4.69) is 5.32 Å². The van der Waals surface area contributed by atoms with Crippen molar-refractivity contribution in [2.45, 2.75) is 12.7 Å². The average Bonchev–Trinajstić information content (AvgIpc) is 2.37. The van der Waals surface area contributed by atoms with Gasteiger partial charge in [0, 0.05) is 25.3 Å². The lowest BCUT2D eigenvalue weighted by Crippen LogP contribution is -2.35. The van der Waals surface area contributed by atoms with Crippen LogP contribution >= 0.6 is 0 Å². The van der Waals surface area contributed by atoms with E-state index in [-0.39, 0.29) is 5.69 Å². The van der Waals surface area contributed by atoms with Crippen molar-refractivity contribution >= 4 is 11.7 Å². The molecule has 3 N–H and O–H groups in total. The number of hydrogen-bond acceptors (Lipinski definition) is 3. The van der Waals surface area contributed by atoms with Gasteiger partial charge in [-0.2, -0.15) is 13.2 Å². The molecule has 2 amide bonds. The predicted octanol–water partition coefficient (Wildman–Crippen LogP) is 2.03. The van der Waals surface area contributed by atoms with Crippen LogP contribution in [0.3, 0.4) is 0 Å². The molecule has 1 saturated heterocycles. The molecule has 1 heterocycles. The van der Waals surface area contributed by atoms with Crippen LogP contribution in [0.5, 0.6) is 0 Å². The molecule has 1 aromatic rings. The Kier molecular flexibility index (Phi) is 4.69. The number of primary amides is 1. The maximum absolute atomic E-state index is 12.9. The number of nitrogens with two attached hydrogens (primary N) is 1. The summed E-state index contributed by atoms with van der Waals surface area (Å²) in [5, 5.41) is 2.19. The molecule has 0 unspecified atom stereocenters. The molecule has 0 saturated carbocycles. The summed E-state index contributed by atoms with van der Waals surface area (Å²) in [6.07, 6.45) is -4.48. The quantitative estimate of drug-likeness (QED) is 0.898. The molecule has 1 fully saturated rings. The van der Waals surface area contributed by atoms with Crippen LogP contribution in [-0.2, 0) is 17.5 Å². The summed E-state index contributed by atoms with van der Waals surface area (Å²) in [4.78, 5) is 12.8. The monoisotopic (exact) mass is 303 g/mol. The number of hydrogen-bond donors (Lipinski definition) is 2. The molecule has 0 radical (unpaired) electrons. The summed E-state index contributed by atoms with van der Waals surface area (Å²) in [5.74, 6) is 0. The molecule has 0 atom stereocenters. The molecule has 0 aromatic heterocycles. The minimum absolute atomic E-state index is 0.0422. The first-order valence-electron chi connectivity index (χ1n) is 6.42. The molecule has 0 bridgehead atoms. The van der Waals surface area contributed by atoms with Crippen molar-refractivity contribution in [3.8, 4) is 0 Å². The number of rotatable bonds is 3. The van der Waals surface area contributed by atoms with Crippen LogP contribution < -0.4 is 11.1 Å². The molecule has 1 aliphatic rings. The second-order valence-corrected chi connectivity index (χ2v) is 4.79. The number of anilines is 1. The number of carbonyl (C=O) groups excluding carboxylic acids is 1. The van der Waals surface area contributed by atoms with Gasteiger partial charge in [0.05, 0.1) is 18.8 Å². The number of urea groups is 1. The number of ether oxygens (including phenoxy) is 1. The van der Waals surface area contributed by atoms with E-state index in [1.807, 2.05) is 4.90 Å².